The Hall–Kier alpha value is -3.18. The Labute approximate surface area is 176 Å². The summed E-state index contributed by atoms with van der Waals surface area (Å²) in [6.07, 6.45) is 2.70. The van der Waals surface area contributed by atoms with Crippen LogP contribution in [0.2, 0.25) is 0 Å². The van der Waals surface area contributed by atoms with E-state index in [1.807, 2.05) is 45.0 Å². The van der Waals surface area contributed by atoms with Gasteiger partial charge in [0.15, 0.2) is 0 Å². The third-order valence-electron chi connectivity index (χ3n) is 5.87. The van der Waals surface area contributed by atoms with Gasteiger partial charge in [0, 0.05) is 18.0 Å². The van der Waals surface area contributed by atoms with Crippen molar-refractivity contribution in [3.63, 3.8) is 0 Å². The molecule has 0 amide bonds. The summed E-state index contributed by atoms with van der Waals surface area (Å²) in [6.45, 7) is 10.4. The summed E-state index contributed by atoms with van der Waals surface area (Å²) in [5, 5.41) is 15.4. The van der Waals surface area contributed by atoms with Crippen LogP contribution in [0, 0.1) is 34.6 Å². The molecule has 0 spiro atoms. The summed E-state index contributed by atoms with van der Waals surface area (Å²) in [5.74, 6) is 0. The first-order valence-electron chi connectivity index (χ1n) is 10.2. The number of aliphatic hydroxyl groups is 1. The molecule has 0 saturated heterocycles. The predicted octanol–water partition coefficient (Wildman–Crippen LogP) is 4.44. The molecule has 0 bridgehead atoms. The Morgan fingerprint density at radius 1 is 0.900 bits per heavy atom. The van der Waals surface area contributed by atoms with E-state index in [9.17, 15) is 9.90 Å². The van der Waals surface area contributed by atoms with Crippen LogP contribution >= 0.6 is 0 Å². The van der Waals surface area contributed by atoms with Crippen LogP contribution in [0.25, 0.3) is 16.8 Å². The lowest BCUT2D eigenvalue weighted by molar-refractivity contribution is 0.154. The fraction of sp³-hybridized carbons (Fsp3) is 0.280. The molecule has 0 aliphatic rings. The Morgan fingerprint density at radius 3 is 2.37 bits per heavy atom. The minimum Gasteiger partial charge on any atom is -0.387 e. The van der Waals surface area contributed by atoms with E-state index in [2.05, 4.69) is 31.1 Å². The maximum Gasteiger partial charge on any atom is 0.276 e. The van der Waals surface area contributed by atoms with E-state index < -0.39 is 6.10 Å². The largest absolute Gasteiger partial charge is 0.387 e. The number of hydrogen-bond acceptors (Lipinski definition) is 3. The average Bonchev–Trinajstić information content (AvgIpc) is 3.11. The standard InChI is InChI=1S/C25H27N3O2/c1-15-6-7-20(18(4)10-15)22-13-23-25(30)27(8-9-28(23)26-22)14-24(29)21-12-17(3)16(2)11-19(21)5/h6-13,24,29H,14H2,1-5H3/t24-/m1/s1. The van der Waals surface area contributed by atoms with E-state index in [0.717, 1.165) is 33.5 Å². The molecule has 5 nitrogen and oxygen atoms in total. The van der Waals surface area contributed by atoms with Gasteiger partial charge in [-0.15, -0.1) is 0 Å². The molecule has 0 aliphatic heterocycles. The van der Waals surface area contributed by atoms with Crippen molar-refractivity contribution in [3.8, 4) is 11.3 Å². The molecular formula is C25H27N3O2. The second kappa shape index (κ2) is 7.58. The molecule has 0 saturated carbocycles. The lowest BCUT2D eigenvalue weighted by Crippen LogP contribution is -2.24. The van der Waals surface area contributed by atoms with Crippen molar-refractivity contribution in [2.45, 2.75) is 47.3 Å². The van der Waals surface area contributed by atoms with Gasteiger partial charge in [-0.25, -0.2) is 4.52 Å². The highest BCUT2D eigenvalue weighted by atomic mass is 16.3. The first kappa shape index (κ1) is 20.1. The van der Waals surface area contributed by atoms with Crippen molar-refractivity contribution in [1.82, 2.24) is 14.2 Å². The molecular weight excluding hydrogens is 374 g/mol. The van der Waals surface area contributed by atoms with Crippen LogP contribution in [0.5, 0.6) is 0 Å². The highest BCUT2D eigenvalue weighted by molar-refractivity contribution is 5.68. The van der Waals surface area contributed by atoms with Gasteiger partial charge in [-0.2, -0.15) is 5.10 Å². The first-order chi connectivity index (χ1) is 14.2. The molecule has 2 aromatic carbocycles. The number of aliphatic hydroxyl groups excluding tert-OH is 1. The summed E-state index contributed by atoms with van der Waals surface area (Å²) < 4.78 is 3.17. The van der Waals surface area contributed by atoms with Crippen molar-refractivity contribution >= 4 is 5.52 Å². The summed E-state index contributed by atoms with van der Waals surface area (Å²) >= 11 is 0. The average molecular weight is 402 g/mol. The smallest absolute Gasteiger partial charge is 0.276 e. The highest BCUT2D eigenvalue weighted by Crippen LogP contribution is 2.25. The van der Waals surface area contributed by atoms with Crippen molar-refractivity contribution in [2.24, 2.45) is 0 Å². The summed E-state index contributed by atoms with van der Waals surface area (Å²) in [5.41, 5.74) is 8.64. The fourth-order valence-electron chi connectivity index (χ4n) is 4.03. The summed E-state index contributed by atoms with van der Waals surface area (Å²) in [7, 11) is 0. The molecule has 4 rings (SSSR count). The first-order valence-corrected chi connectivity index (χ1v) is 10.2. The van der Waals surface area contributed by atoms with Crippen molar-refractivity contribution < 1.29 is 5.11 Å². The van der Waals surface area contributed by atoms with Gasteiger partial charge in [0.1, 0.15) is 5.52 Å². The van der Waals surface area contributed by atoms with Crippen LogP contribution in [0.3, 0.4) is 0 Å². The molecule has 30 heavy (non-hydrogen) atoms. The van der Waals surface area contributed by atoms with E-state index >= 15 is 0 Å². The van der Waals surface area contributed by atoms with Crippen molar-refractivity contribution in [2.75, 3.05) is 0 Å². The molecule has 0 fully saturated rings. The second-order valence-corrected chi connectivity index (χ2v) is 8.24. The minimum atomic E-state index is -0.758. The Balaban J connectivity index is 1.70. The Kier molecular flexibility index (Phi) is 5.08. The zero-order chi connectivity index (χ0) is 21.6. The Morgan fingerprint density at radius 2 is 1.63 bits per heavy atom. The van der Waals surface area contributed by atoms with E-state index in [1.54, 1.807) is 21.5 Å². The number of nitrogens with zero attached hydrogens (tertiary/aromatic N) is 3. The van der Waals surface area contributed by atoms with Crippen LogP contribution in [0.4, 0.5) is 0 Å². The number of benzene rings is 2. The van der Waals surface area contributed by atoms with Crippen molar-refractivity contribution in [1.29, 1.82) is 0 Å². The fourth-order valence-corrected chi connectivity index (χ4v) is 4.03. The maximum absolute atomic E-state index is 13.1. The summed E-state index contributed by atoms with van der Waals surface area (Å²) in [4.78, 5) is 13.1. The zero-order valence-electron chi connectivity index (χ0n) is 18.1. The number of rotatable bonds is 4. The van der Waals surface area contributed by atoms with E-state index in [-0.39, 0.29) is 12.1 Å². The van der Waals surface area contributed by atoms with Gasteiger partial charge >= 0.3 is 0 Å². The molecule has 0 unspecified atom stereocenters. The monoisotopic (exact) mass is 401 g/mol. The number of aromatic nitrogens is 3. The zero-order valence-corrected chi connectivity index (χ0v) is 18.1. The predicted molar refractivity (Wildman–Crippen MR) is 120 cm³/mol. The van der Waals surface area contributed by atoms with E-state index in [1.165, 1.54) is 11.1 Å². The molecule has 0 radical (unpaired) electrons. The molecule has 1 atom stereocenters. The lowest BCUT2D eigenvalue weighted by Gasteiger charge is -2.17. The SMILES string of the molecule is Cc1ccc(-c2cc3c(=O)n(C[C@@H](O)c4cc(C)c(C)cc4C)ccn3n2)c(C)c1. The molecule has 154 valence electrons. The normalized spacial score (nSPS) is 12.5. The third kappa shape index (κ3) is 3.57. The van der Waals surface area contributed by atoms with Gasteiger partial charge in [0.2, 0.25) is 0 Å². The van der Waals surface area contributed by atoms with Gasteiger partial charge in [-0.1, -0.05) is 35.9 Å². The molecule has 2 heterocycles. The molecule has 1 N–H and O–H groups in total. The molecule has 0 aliphatic carbocycles. The van der Waals surface area contributed by atoms with Gasteiger partial charge in [0.05, 0.1) is 18.3 Å². The van der Waals surface area contributed by atoms with Crippen LogP contribution in [0.1, 0.15) is 39.5 Å². The second-order valence-electron chi connectivity index (χ2n) is 8.24. The van der Waals surface area contributed by atoms with Crippen LogP contribution < -0.4 is 5.56 Å². The van der Waals surface area contributed by atoms with Crippen LogP contribution in [-0.4, -0.2) is 19.3 Å². The summed E-state index contributed by atoms with van der Waals surface area (Å²) in [6, 6.07) is 12.1. The molecule has 5 heteroatoms. The van der Waals surface area contributed by atoms with E-state index in [0.29, 0.717) is 5.52 Å². The van der Waals surface area contributed by atoms with Crippen LogP contribution in [-0.2, 0) is 6.54 Å². The lowest BCUT2D eigenvalue weighted by atomic mass is 9.97. The number of hydrogen-bond donors (Lipinski definition) is 1. The number of fused-ring (bicyclic) bond motifs is 1. The minimum absolute atomic E-state index is 0.165. The maximum atomic E-state index is 13.1. The van der Waals surface area contributed by atoms with Gasteiger partial charge in [-0.3, -0.25) is 4.79 Å². The topological polar surface area (TPSA) is 59.5 Å². The van der Waals surface area contributed by atoms with Crippen LogP contribution in [0.15, 0.2) is 53.6 Å². The Bertz CT molecular complexity index is 1310. The van der Waals surface area contributed by atoms with Gasteiger partial charge < -0.3 is 9.67 Å². The quantitative estimate of drug-likeness (QED) is 0.550. The van der Waals surface area contributed by atoms with E-state index in [4.69, 9.17) is 0 Å². The molecule has 4 aromatic rings. The van der Waals surface area contributed by atoms with Crippen molar-refractivity contribution in [3.05, 3.63) is 92.5 Å². The number of aryl methyl sites for hydroxylation is 5. The van der Waals surface area contributed by atoms with Gasteiger partial charge in [0.25, 0.3) is 5.56 Å². The van der Waals surface area contributed by atoms with Gasteiger partial charge in [-0.05, 0) is 68.5 Å². The third-order valence-corrected chi connectivity index (χ3v) is 5.87. The highest BCUT2D eigenvalue weighted by Gasteiger charge is 2.16. The molecule has 2 aromatic heterocycles.